The van der Waals surface area contributed by atoms with Gasteiger partial charge in [0.1, 0.15) is 17.4 Å². The fraction of sp³-hybridized carbons (Fsp3) is 0.273. The fourth-order valence-electron chi connectivity index (χ4n) is 3.23. The van der Waals surface area contributed by atoms with Crippen LogP contribution in [0.4, 0.5) is 5.69 Å². The lowest BCUT2D eigenvalue weighted by Gasteiger charge is -2.36. The molecule has 0 unspecified atom stereocenters. The Labute approximate surface area is 198 Å². The standard InChI is InChI=1S/C22H21I2N3O2/c1-2-29-21-19(23)13-16(14-20(21)24)12-17(15-25)22(28)27-10-8-26(9-11-27)18-6-4-3-5-7-18/h3-7,12-14H,2,8-11H2,1H3/b17-12-. The Morgan fingerprint density at radius 1 is 1.14 bits per heavy atom. The molecule has 0 aliphatic carbocycles. The van der Waals surface area contributed by atoms with E-state index in [4.69, 9.17) is 4.74 Å². The van der Waals surface area contributed by atoms with Gasteiger partial charge in [-0.3, -0.25) is 4.79 Å². The highest BCUT2D eigenvalue weighted by Crippen LogP contribution is 2.30. The van der Waals surface area contributed by atoms with Crippen molar-refractivity contribution in [2.24, 2.45) is 0 Å². The van der Waals surface area contributed by atoms with Crippen LogP contribution >= 0.6 is 45.2 Å². The number of rotatable bonds is 5. The SMILES string of the molecule is CCOc1c(I)cc(/C=C(/C#N)C(=O)N2CCN(c3ccccc3)CC2)cc1I. The van der Waals surface area contributed by atoms with Crippen molar-refractivity contribution in [1.82, 2.24) is 4.90 Å². The molecule has 0 atom stereocenters. The summed E-state index contributed by atoms with van der Waals surface area (Å²) in [6.45, 7) is 5.26. The van der Waals surface area contributed by atoms with E-state index in [1.54, 1.807) is 11.0 Å². The predicted octanol–water partition coefficient (Wildman–Crippen LogP) is 4.55. The number of halogens is 2. The molecule has 1 fully saturated rings. The first-order valence-corrected chi connectivity index (χ1v) is 11.5. The van der Waals surface area contributed by atoms with E-state index in [9.17, 15) is 10.1 Å². The molecule has 150 valence electrons. The smallest absolute Gasteiger partial charge is 0.264 e. The predicted molar refractivity (Wildman–Crippen MR) is 132 cm³/mol. The number of anilines is 1. The molecule has 0 radical (unpaired) electrons. The largest absolute Gasteiger partial charge is 0.492 e. The second kappa shape index (κ2) is 10.3. The summed E-state index contributed by atoms with van der Waals surface area (Å²) in [5.41, 5.74) is 2.15. The van der Waals surface area contributed by atoms with E-state index in [-0.39, 0.29) is 11.5 Å². The molecule has 0 bridgehead atoms. The molecule has 2 aromatic carbocycles. The van der Waals surface area contributed by atoms with E-state index in [1.807, 2.05) is 37.3 Å². The third-order valence-electron chi connectivity index (χ3n) is 4.66. The second-order valence-corrected chi connectivity index (χ2v) is 8.86. The summed E-state index contributed by atoms with van der Waals surface area (Å²) in [5, 5.41) is 9.59. The number of nitrogens with zero attached hydrogens (tertiary/aromatic N) is 3. The number of nitriles is 1. The Kier molecular flexibility index (Phi) is 7.77. The molecule has 1 heterocycles. The number of hydrogen-bond donors (Lipinski definition) is 0. The van der Waals surface area contributed by atoms with Gasteiger partial charge in [0.2, 0.25) is 0 Å². The van der Waals surface area contributed by atoms with Crippen LogP contribution in [0.3, 0.4) is 0 Å². The van der Waals surface area contributed by atoms with Crippen LogP contribution in [-0.4, -0.2) is 43.6 Å². The lowest BCUT2D eigenvalue weighted by molar-refractivity contribution is -0.126. The lowest BCUT2D eigenvalue weighted by atomic mass is 10.1. The van der Waals surface area contributed by atoms with Crippen molar-refractivity contribution in [3.8, 4) is 11.8 Å². The second-order valence-electron chi connectivity index (χ2n) is 6.53. The third kappa shape index (κ3) is 5.42. The molecular formula is C22H21I2N3O2. The molecule has 29 heavy (non-hydrogen) atoms. The summed E-state index contributed by atoms with van der Waals surface area (Å²) in [4.78, 5) is 16.9. The summed E-state index contributed by atoms with van der Waals surface area (Å²) in [6, 6.07) is 16.1. The van der Waals surface area contributed by atoms with Gasteiger partial charge in [-0.15, -0.1) is 0 Å². The summed E-state index contributed by atoms with van der Waals surface area (Å²) < 4.78 is 7.59. The summed E-state index contributed by atoms with van der Waals surface area (Å²) in [7, 11) is 0. The number of piperazine rings is 1. The number of benzene rings is 2. The van der Waals surface area contributed by atoms with Crippen LogP contribution in [-0.2, 0) is 4.79 Å². The molecule has 7 heteroatoms. The normalized spacial score (nSPS) is 14.5. The average molecular weight is 613 g/mol. The minimum absolute atomic E-state index is 0.161. The summed E-state index contributed by atoms with van der Waals surface area (Å²) in [6.07, 6.45) is 1.67. The zero-order chi connectivity index (χ0) is 20.8. The quantitative estimate of drug-likeness (QED) is 0.283. The van der Waals surface area contributed by atoms with E-state index < -0.39 is 0 Å². The van der Waals surface area contributed by atoms with Crippen molar-refractivity contribution in [2.45, 2.75) is 6.92 Å². The summed E-state index contributed by atoms with van der Waals surface area (Å²) >= 11 is 4.44. The topological polar surface area (TPSA) is 56.6 Å². The first-order chi connectivity index (χ1) is 14.0. The van der Waals surface area contributed by atoms with Gasteiger partial charge in [0.05, 0.1) is 13.7 Å². The van der Waals surface area contributed by atoms with Gasteiger partial charge in [-0.05, 0) is 88.0 Å². The fourth-order valence-corrected chi connectivity index (χ4v) is 5.36. The Morgan fingerprint density at radius 2 is 1.76 bits per heavy atom. The van der Waals surface area contributed by atoms with E-state index in [1.165, 1.54) is 0 Å². The van der Waals surface area contributed by atoms with Crippen LogP contribution in [0.25, 0.3) is 6.08 Å². The number of amides is 1. The Balaban J connectivity index is 1.72. The van der Waals surface area contributed by atoms with Crippen LogP contribution in [0.15, 0.2) is 48.0 Å². The molecule has 0 aromatic heterocycles. The number of ether oxygens (including phenoxy) is 1. The Morgan fingerprint density at radius 3 is 2.31 bits per heavy atom. The first kappa shape index (κ1) is 21.9. The number of carbonyl (C=O) groups is 1. The molecule has 1 amide bonds. The molecule has 0 N–H and O–H groups in total. The van der Waals surface area contributed by atoms with Crippen molar-refractivity contribution >= 4 is 62.9 Å². The van der Waals surface area contributed by atoms with E-state index >= 15 is 0 Å². The maximum atomic E-state index is 12.9. The van der Waals surface area contributed by atoms with Crippen LogP contribution in [0.5, 0.6) is 5.75 Å². The van der Waals surface area contributed by atoms with E-state index in [0.717, 1.165) is 37.2 Å². The van der Waals surface area contributed by atoms with Crippen LogP contribution in [0.1, 0.15) is 12.5 Å². The molecule has 1 saturated heterocycles. The molecule has 5 nitrogen and oxygen atoms in total. The number of carbonyl (C=O) groups excluding carboxylic acids is 1. The molecule has 0 spiro atoms. The van der Waals surface area contributed by atoms with E-state index in [2.05, 4.69) is 68.3 Å². The van der Waals surface area contributed by atoms with Crippen molar-refractivity contribution in [3.63, 3.8) is 0 Å². The first-order valence-electron chi connectivity index (χ1n) is 9.36. The maximum Gasteiger partial charge on any atom is 0.264 e. The molecule has 0 saturated carbocycles. The lowest BCUT2D eigenvalue weighted by Crippen LogP contribution is -2.49. The van der Waals surface area contributed by atoms with Crippen LogP contribution in [0, 0.1) is 18.5 Å². The average Bonchev–Trinajstić information content (AvgIpc) is 2.75. The summed E-state index contributed by atoms with van der Waals surface area (Å²) in [5.74, 6) is 0.631. The molecule has 2 aromatic rings. The monoisotopic (exact) mass is 613 g/mol. The highest BCUT2D eigenvalue weighted by molar-refractivity contribution is 14.1. The van der Waals surface area contributed by atoms with Crippen LogP contribution in [0.2, 0.25) is 0 Å². The zero-order valence-electron chi connectivity index (χ0n) is 16.1. The molecular weight excluding hydrogens is 592 g/mol. The van der Waals surface area contributed by atoms with Gasteiger partial charge < -0.3 is 14.5 Å². The molecule has 3 rings (SSSR count). The van der Waals surface area contributed by atoms with E-state index in [0.29, 0.717) is 19.7 Å². The zero-order valence-corrected chi connectivity index (χ0v) is 20.4. The highest BCUT2D eigenvalue weighted by atomic mass is 127. The van der Waals surface area contributed by atoms with Gasteiger partial charge in [0.25, 0.3) is 5.91 Å². The number of hydrogen-bond acceptors (Lipinski definition) is 4. The van der Waals surface area contributed by atoms with Gasteiger partial charge in [-0.25, -0.2) is 0 Å². The minimum atomic E-state index is -0.209. The van der Waals surface area contributed by atoms with Crippen LogP contribution < -0.4 is 9.64 Å². The Hall–Kier alpha value is -1.80. The third-order valence-corrected chi connectivity index (χ3v) is 6.26. The van der Waals surface area contributed by atoms with Gasteiger partial charge >= 0.3 is 0 Å². The molecule has 1 aliphatic rings. The van der Waals surface area contributed by atoms with Gasteiger partial charge in [0.15, 0.2) is 0 Å². The van der Waals surface area contributed by atoms with Gasteiger partial charge in [-0.2, -0.15) is 5.26 Å². The van der Waals surface area contributed by atoms with Crippen molar-refractivity contribution < 1.29 is 9.53 Å². The van der Waals surface area contributed by atoms with Crippen molar-refractivity contribution in [3.05, 3.63) is 60.7 Å². The van der Waals surface area contributed by atoms with Crippen molar-refractivity contribution in [2.75, 3.05) is 37.7 Å². The van der Waals surface area contributed by atoms with Crippen molar-refractivity contribution in [1.29, 1.82) is 5.26 Å². The van der Waals surface area contributed by atoms with Gasteiger partial charge in [-0.1, -0.05) is 18.2 Å². The number of para-hydroxylation sites is 1. The molecule has 1 aliphatic heterocycles. The minimum Gasteiger partial charge on any atom is -0.492 e. The highest BCUT2D eigenvalue weighted by Gasteiger charge is 2.24. The Bertz CT molecular complexity index is 923. The maximum absolute atomic E-state index is 12.9. The van der Waals surface area contributed by atoms with Gasteiger partial charge in [0, 0.05) is 31.9 Å².